The smallest absolute Gasteiger partial charge is 0.227 e. The van der Waals surface area contributed by atoms with Gasteiger partial charge in [0.15, 0.2) is 0 Å². The maximum atomic E-state index is 12.8. The lowest BCUT2D eigenvalue weighted by Gasteiger charge is -2.30. The van der Waals surface area contributed by atoms with Crippen LogP contribution in [0, 0.1) is 5.92 Å². The number of carbonyl (C=O) groups excluding carboxylic acids is 1. The van der Waals surface area contributed by atoms with Crippen LogP contribution in [-0.4, -0.2) is 31.7 Å². The number of fused-ring (bicyclic) bond motifs is 1. The molecule has 8 heteroatoms. The molecule has 1 heterocycles. The monoisotopic (exact) mass is 476 g/mol. The van der Waals surface area contributed by atoms with E-state index in [0.717, 1.165) is 16.5 Å². The van der Waals surface area contributed by atoms with Gasteiger partial charge in [-0.05, 0) is 53.4 Å². The number of rotatable bonds is 5. The molecule has 0 atom stereocenters. The molecule has 0 aromatic heterocycles. The minimum Gasteiger partial charge on any atom is -0.326 e. The van der Waals surface area contributed by atoms with E-state index in [1.165, 1.54) is 4.31 Å². The molecular weight excluding hydrogens is 455 g/mol. The van der Waals surface area contributed by atoms with Crippen LogP contribution in [0.15, 0.2) is 60.7 Å². The quantitative estimate of drug-likeness (QED) is 0.541. The summed E-state index contributed by atoms with van der Waals surface area (Å²) >= 11 is 11.9. The van der Waals surface area contributed by atoms with Gasteiger partial charge in [0, 0.05) is 24.7 Å². The Balaban J connectivity index is 1.35. The molecule has 1 N–H and O–H groups in total. The van der Waals surface area contributed by atoms with Crippen molar-refractivity contribution in [1.29, 1.82) is 0 Å². The van der Waals surface area contributed by atoms with Crippen LogP contribution < -0.4 is 5.32 Å². The van der Waals surface area contributed by atoms with Crippen LogP contribution >= 0.6 is 23.2 Å². The molecule has 0 bridgehead atoms. The molecule has 0 radical (unpaired) electrons. The van der Waals surface area contributed by atoms with Crippen molar-refractivity contribution in [3.8, 4) is 0 Å². The van der Waals surface area contributed by atoms with Crippen LogP contribution in [-0.2, 0) is 20.6 Å². The highest BCUT2D eigenvalue weighted by atomic mass is 35.5. The number of nitrogens with zero attached hydrogens (tertiary/aromatic N) is 1. The summed E-state index contributed by atoms with van der Waals surface area (Å²) in [6.07, 6.45) is 0.972. The Morgan fingerprint density at radius 3 is 2.35 bits per heavy atom. The number of nitrogens with one attached hydrogen (secondary N) is 1. The third kappa shape index (κ3) is 5.21. The number of carbonyl (C=O) groups is 1. The third-order valence-corrected chi connectivity index (χ3v) is 8.16. The lowest BCUT2D eigenvalue weighted by Crippen LogP contribution is -2.41. The Morgan fingerprint density at radius 1 is 0.935 bits per heavy atom. The predicted octanol–water partition coefficient (Wildman–Crippen LogP) is 5.33. The molecule has 1 saturated heterocycles. The topological polar surface area (TPSA) is 66.5 Å². The summed E-state index contributed by atoms with van der Waals surface area (Å²) in [7, 11) is -3.50. The van der Waals surface area contributed by atoms with Gasteiger partial charge in [0.05, 0.1) is 15.8 Å². The van der Waals surface area contributed by atoms with Crippen LogP contribution in [0.4, 0.5) is 5.69 Å². The lowest BCUT2D eigenvalue weighted by atomic mass is 9.97. The van der Waals surface area contributed by atoms with Crippen LogP contribution in [0.25, 0.3) is 10.8 Å². The van der Waals surface area contributed by atoms with Crippen molar-refractivity contribution in [2.75, 3.05) is 18.4 Å². The van der Waals surface area contributed by atoms with Gasteiger partial charge in [-0.2, -0.15) is 0 Å². The highest BCUT2D eigenvalue weighted by molar-refractivity contribution is 7.88. The summed E-state index contributed by atoms with van der Waals surface area (Å²) in [5, 5.41) is 5.87. The maximum Gasteiger partial charge on any atom is 0.227 e. The first-order valence-electron chi connectivity index (χ1n) is 10.0. The number of amides is 1. The first kappa shape index (κ1) is 22.1. The molecule has 0 spiro atoms. The normalized spacial score (nSPS) is 15.8. The van der Waals surface area contributed by atoms with Gasteiger partial charge in [0.1, 0.15) is 0 Å². The molecule has 3 aromatic carbocycles. The molecule has 1 amide bonds. The van der Waals surface area contributed by atoms with Gasteiger partial charge >= 0.3 is 0 Å². The van der Waals surface area contributed by atoms with Gasteiger partial charge in [-0.1, -0.05) is 59.6 Å². The zero-order valence-electron chi connectivity index (χ0n) is 16.7. The molecular formula is C23H22Cl2N2O3S. The largest absolute Gasteiger partial charge is 0.326 e. The molecule has 162 valence electrons. The highest BCUT2D eigenvalue weighted by Gasteiger charge is 2.31. The van der Waals surface area contributed by atoms with Crippen molar-refractivity contribution in [2.24, 2.45) is 5.92 Å². The van der Waals surface area contributed by atoms with Crippen molar-refractivity contribution in [3.05, 3.63) is 76.3 Å². The molecule has 4 rings (SSSR count). The van der Waals surface area contributed by atoms with Crippen molar-refractivity contribution in [3.63, 3.8) is 0 Å². The van der Waals surface area contributed by atoms with Gasteiger partial charge in [0.2, 0.25) is 15.9 Å². The van der Waals surface area contributed by atoms with E-state index in [1.807, 2.05) is 42.5 Å². The molecule has 1 fully saturated rings. The number of piperidine rings is 1. The highest BCUT2D eigenvalue weighted by Crippen LogP contribution is 2.27. The first-order valence-corrected chi connectivity index (χ1v) is 12.4. The summed E-state index contributed by atoms with van der Waals surface area (Å²) in [5.41, 5.74) is 1.34. The van der Waals surface area contributed by atoms with Gasteiger partial charge in [0.25, 0.3) is 0 Å². The predicted molar refractivity (Wildman–Crippen MR) is 126 cm³/mol. The zero-order chi connectivity index (χ0) is 22.0. The maximum absolute atomic E-state index is 12.8. The second-order valence-electron chi connectivity index (χ2n) is 7.73. The molecule has 0 unspecified atom stereocenters. The van der Waals surface area contributed by atoms with Gasteiger partial charge < -0.3 is 5.32 Å². The average Bonchev–Trinajstić information content (AvgIpc) is 2.76. The number of hydrogen-bond donors (Lipinski definition) is 1. The minimum atomic E-state index is -3.50. The fourth-order valence-electron chi connectivity index (χ4n) is 3.84. The van der Waals surface area contributed by atoms with E-state index in [9.17, 15) is 13.2 Å². The Bertz CT molecular complexity index is 1220. The van der Waals surface area contributed by atoms with E-state index in [2.05, 4.69) is 5.32 Å². The molecule has 5 nitrogen and oxygen atoms in total. The molecule has 0 aliphatic carbocycles. The van der Waals surface area contributed by atoms with Crippen molar-refractivity contribution in [1.82, 2.24) is 4.31 Å². The van der Waals surface area contributed by atoms with E-state index < -0.39 is 10.0 Å². The SMILES string of the molecule is O=C(Nc1ccc2ccccc2c1)C1CCN(S(=O)(=O)Cc2ccc(Cl)c(Cl)c2)CC1. The average molecular weight is 477 g/mol. The van der Waals surface area contributed by atoms with E-state index in [0.29, 0.717) is 41.5 Å². The molecule has 31 heavy (non-hydrogen) atoms. The molecule has 1 aliphatic rings. The van der Waals surface area contributed by atoms with E-state index >= 15 is 0 Å². The number of benzene rings is 3. The minimum absolute atomic E-state index is 0.0724. The number of anilines is 1. The van der Waals surface area contributed by atoms with Crippen LogP contribution in [0.5, 0.6) is 0 Å². The Hall–Kier alpha value is -2.12. The van der Waals surface area contributed by atoms with Crippen molar-refractivity contribution in [2.45, 2.75) is 18.6 Å². The van der Waals surface area contributed by atoms with Gasteiger partial charge in [-0.3, -0.25) is 4.79 Å². The summed E-state index contributed by atoms with van der Waals surface area (Å²) in [5.74, 6) is -0.433. The van der Waals surface area contributed by atoms with E-state index in [-0.39, 0.29) is 17.6 Å². The second-order valence-corrected chi connectivity index (χ2v) is 10.5. The Kier molecular flexibility index (Phi) is 6.53. The van der Waals surface area contributed by atoms with Crippen molar-refractivity contribution >= 4 is 55.6 Å². The van der Waals surface area contributed by atoms with E-state index in [1.54, 1.807) is 18.2 Å². The summed E-state index contributed by atoms with van der Waals surface area (Å²) in [6, 6.07) is 18.6. The third-order valence-electron chi connectivity index (χ3n) is 5.57. The fourth-order valence-corrected chi connectivity index (χ4v) is 5.71. The van der Waals surface area contributed by atoms with Gasteiger partial charge in [-0.25, -0.2) is 12.7 Å². The first-order chi connectivity index (χ1) is 14.8. The molecule has 1 aliphatic heterocycles. The standard InChI is InChI=1S/C23H22Cl2N2O3S/c24-21-8-5-16(13-22(21)25)15-31(29,30)27-11-9-18(10-12-27)23(28)26-20-7-6-17-3-1-2-4-19(17)14-20/h1-8,13-14,18H,9-12,15H2,(H,26,28). The van der Waals surface area contributed by atoms with E-state index in [4.69, 9.17) is 23.2 Å². The number of halogens is 2. The van der Waals surface area contributed by atoms with Gasteiger partial charge in [-0.15, -0.1) is 0 Å². The Labute approximate surface area is 192 Å². The van der Waals surface area contributed by atoms with Crippen LogP contribution in [0.1, 0.15) is 18.4 Å². The fraction of sp³-hybridized carbons (Fsp3) is 0.261. The van der Waals surface area contributed by atoms with Crippen LogP contribution in [0.3, 0.4) is 0 Å². The summed E-state index contributed by atoms with van der Waals surface area (Å²) < 4.78 is 27.0. The lowest BCUT2D eigenvalue weighted by molar-refractivity contribution is -0.120. The summed E-state index contributed by atoms with van der Waals surface area (Å²) in [6.45, 7) is 0.638. The summed E-state index contributed by atoms with van der Waals surface area (Å²) in [4.78, 5) is 12.7. The molecule has 0 saturated carbocycles. The zero-order valence-corrected chi connectivity index (χ0v) is 19.1. The molecule has 3 aromatic rings. The van der Waals surface area contributed by atoms with Crippen LogP contribution in [0.2, 0.25) is 10.0 Å². The second kappa shape index (κ2) is 9.17. The van der Waals surface area contributed by atoms with Crippen molar-refractivity contribution < 1.29 is 13.2 Å². The number of hydrogen-bond acceptors (Lipinski definition) is 3. The number of sulfonamides is 1. The Morgan fingerprint density at radius 2 is 1.65 bits per heavy atom.